The first kappa shape index (κ1) is 14.1. The number of hydrogen-bond acceptors (Lipinski definition) is 4. The van der Waals surface area contributed by atoms with Crippen LogP contribution >= 0.6 is 0 Å². The fourth-order valence-electron chi connectivity index (χ4n) is 1.98. The Labute approximate surface area is 118 Å². The Hall–Kier alpha value is -2.30. The van der Waals surface area contributed by atoms with E-state index >= 15 is 0 Å². The van der Waals surface area contributed by atoms with E-state index in [2.05, 4.69) is 15.6 Å². The number of furan rings is 1. The van der Waals surface area contributed by atoms with Gasteiger partial charge >= 0.3 is 0 Å². The second kappa shape index (κ2) is 6.75. The van der Waals surface area contributed by atoms with Crippen LogP contribution in [0.4, 0.5) is 5.69 Å². The number of nitrogens with zero attached hydrogens (tertiary/aromatic N) is 1. The largest absolute Gasteiger partial charge is 0.469 e. The second-order valence-corrected chi connectivity index (χ2v) is 4.66. The van der Waals surface area contributed by atoms with Crippen LogP contribution in [0.15, 0.2) is 41.3 Å². The van der Waals surface area contributed by atoms with Gasteiger partial charge in [0.1, 0.15) is 5.76 Å². The summed E-state index contributed by atoms with van der Waals surface area (Å²) < 4.78 is 5.28. The van der Waals surface area contributed by atoms with E-state index < -0.39 is 0 Å². The lowest BCUT2D eigenvalue weighted by Gasteiger charge is -2.14. The van der Waals surface area contributed by atoms with Gasteiger partial charge in [-0.3, -0.25) is 9.78 Å². The Morgan fingerprint density at radius 3 is 3.00 bits per heavy atom. The van der Waals surface area contributed by atoms with Gasteiger partial charge in [-0.25, -0.2) is 0 Å². The molecule has 106 valence electrons. The van der Waals surface area contributed by atoms with Gasteiger partial charge in [-0.15, -0.1) is 0 Å². The Morgan fingerprint density at radius 1 is 1.45 bits per heavy atom. The standard InChI is InChI=1S/C15H19N3O2/c1-11(5-6-12-4-3-9-20-12)18-15(19)13-10-17-8-7-14(13)16-2/h3-4,7-11H,5-6H2,1-2H3,(H,16,17)(H,18,19). The van der Waals surface area contributed by atoms with Crippen molar-refractivity contribution in [1.29, 1.82) is 0 Å². The number of hydrogen-bond donors (Lipinski definition) is 2. The molecule has 0 radical (unpaired) electrons. The van der Waals surface area contributed by atoms with E-state index in [9.17, 15) is 4.79 Å². The van der Waals surface area contributed by atoms with Crippen LogP contribution in [-0.4, -0.2) is 24.0 Å². The van der Waals surface area contributed by atoms with Gasteiger partial charge in [0.05, 0.1) is 11.8 Å². The van der Waals surface area contributed by atoms with E-state index in [0.29, 0.717) is 5.56 Å². The van der Waals surface area contributed by atoms with Crippen LogP contribution in [0, 0.1) is 0 Å². The maximum atomic E-state index is 12.2. The van der Waals surface area contributed by atoms with Crippen LogP contribution in [-0.2, 0) is 6.42 Å². The molecule has 20 heavy (non-hydrogen) atoms. The number of amides is 1. The summed E-state index contributed by atoms with van der Waals surface area (Å²) in [5.41, 5.74) is 1.33. The molecule has 5 nitrogen and oxygen atoms in total. The molecule has 0 saturated heterocycles. The van der Waals surface area contributed by atoms with Crippen molar-refractivity contribution in [2.24, 2.45) is 0 Å². The molecule has 0 aliphatic heterocycles. The fraction of sp³-hybridized carbons (Fsp3) is 0.333. The molecule has 1 amide bonds. The molecule has 5 heteroatoms. The second-order valence-electron chi connectivity index (χ2n) is 4.66. The third-order valence-corrected chi connectivity index (χ3v) is 3.12. The van der Waals surface area contributed by atoms with E-state index in [-0.39, 0.29) is 11.9 Å². The highest BCUT2D eigenvalue weighted by Gasteiger charge is 2.13. The predicted molar refractivity (Wildman–Crippen MR) is 77.7 cm³/mol. The van der Waals surface area contributed by atoms with Gasteiger partial charge in [-0.1, -0.05) is 0 Å². The fourth-order valence-corrected chi connectivity index (χ4v) is 1.98. The maximum Gasteiger partial charge on any atom is 0.255 e. The molecular weight excluding hydrogens is 254 g/mol. The minimum atomic E-state index is -0.116. The van der Waals surface area contributed by atoms with E-state index in [0.717, 1.165) is 24.3 Å². The lowest BCUT2D eigenvalue weighted by Crippen LogP contribution is -2.33. The summed E-state index contributed by atoms with van der Waals surface area (Å²) in [5.74, 6) is 0.817. The summed E-state index contributed by atoms with van der Waals surface area (Å²) >= 11 is 0. The molecule has 0 aliphatic rings. The zero-order valence-electron chi connectivity index (χ0n) is 11.7. The number of pyridine rings is 1. The minimum Gasteiger partial charge on any atom is -0.469 e. The first-order valence-electron chi connectivity index (χ1n) is 6.65. The van der Waals surface area contributed by atoms with Crippen molar-refractivity contribution in [3.05, 3.63) is 48.2 Å². The van der Waals surface area contributed by atoms with Crippen LogP contribution < -0.4 is 10.6 Å². The number of carbonyl (C=O) groups excluding carboxylic acids is 1. The summed E-state index contributed by atoms with van der Waals surface area (Å²) in [4.78, 5) is 16.2. The molecule has 2 N–H and O–H groups in total. The van der Waals surface area contributed by atoms with Crippen LogP contribution in [0.25, 0.3) is 0 Å². The molecule has 0 aromatic carbocycles. The monoisotopic (exact) mass is 273 g/mol. The number of anilines is 1. The third-order valence-electron chi connectivity index (χ3n) is 3.12. The molecule has 2 aromatic rings. The molecule has 1 atom stereocenters. The Kier molecular flexibility index (Phi) is 4.76. The number of rotatable bonds is 6. The molecule has 0 spiro atoms. The summed E-state index contributed by atoms with van der Waals surface area (Å²) in [6.45, 7) is 1.98. The summed E-state index contributed by atoms with van der Waals surface area (Å²) in [6.07, 6.45) is 6.52. The molecular formula is C15H19N3O2. The van der Waals surface area contributed by atoms with Crippen molar-refractivity contribution < 1.29 is 9.21 Å². The Morgan fingerprint density at radius 2 is 2.30 bits per heavy atom. The van der Waals surface area contributed by atoms with Gasteiger partial charge in [-0.2, -0.15) is 0 Å². The van der Waals surface area contributed by atoms with Gasteiger partial charge in [-0.05, 0) is 31.5 Å². The Balaban J connectivity index is 1.90. The molecule has 0 fully saturated rings. The predicted octanol–water partition coefficient (Wildman–Crippen LogP) is 2.47. The van der Waals surface area contributed by atoms with Crippen molar-refractivity contribution in [3.63, 3.8) is 0 Å². The molecule has 2 aromatic heterocycles. The van der Waals surface area contributed by atoms with E-state index in [1.165, 1.54) is 0 Å². The number of aromatic nitrogens is 1. The number of aryl methyl sites for hydroxylation is 1. The van der Waals surface area contributed by atoms with Crippen LogP contribution in [0.5, 0.6) is 0 Å². The van der Waals surface area contributed by atoms with Crippen LogP contribution in [0.2, 0.25) is 0 Å². The number of carbonyl (C=O) groups is 1. The first-order chi connectivity index (χ1) is 9.70. The molecule has 0 saturated carbocycles. The Bertz CT molecular complexity index is 552. The van der Waals surface area contributed by atoms with Crippen molar-refractivity contribution in [2.75, 3.05) is 12.4 Å². The van der Waals surface area contributed by atoms with Crippen LogP contribution in [0.3, 0.4) is 0 Å². The molecule has 0 aliphatic carbocycles. The smallest absolute Gasteiger partial charge is 0.255 e. The highest BCUT2D eigenvalue weighted by molar-refractivity contribution is 5.99. The van der Waals surface area contributed by atoms with Gasteiger partial charge < -0.3 is 15.1 Å². The van der Waals surface area contributed by atoms with Crippen molar-refractivity contribution in [2.45, 2.75) is 25.8 Å². The average molecular weight is 273 g/mol. The van der Waals surface area contributed by atoms with E-state index in [1.54, 1.807) is 31.8 Å². The van der Waals surface area contributed by atoms with Gasteiger partial charge in [0.15, 0.2) is 0 Å². The normalized spacial score (nSPS) is 11.9. The highest BCUT2D eigenvalue weighted by atomic mass is 16.3. The SMILES string of the molecule is CNc1ccncc1C(=O)NC(C)CCc1ccco1. The number of nitrogens with one attached hydrogen (secondary N) is 2. The maximum absolute atomic E-state index is 12.2. The van der Waals surface area contributed by atoms with E-state index in [1.807, 2.05) is 19.1 Å². The first-order valence-corrected chi connectivity index (χ1v) is 6.65. The highest BCUT2D eigenvalue weighted by Crippen LogP contribution is 2.13. The quantitative estimate of drug-likeness (QED) is 0.848. The molecule has 0 bridgehead atoms. The lowest BCUT2D eigenvalue weighted by molar-refractivity contribution is 0.0938. The molecule has 1 unspecified atom stereocenters. The van der Waals surface area contributed by atoms with Gasteiger partial charge in [0, 0.05) is 37.6 Å². The molecule has 2 rings (SSSR count). The zero-order valence-corrected chi connectivity index (χ0v) is 11.7. The van der Waals surface area contributed by atoms with Crippen molar-refractivity contribution in [3.8, 4) is 0 Å². The summed E-state index contributed by atoms with van der Waals surface area (Å²) in [5, 5.41) is 5.96. The van der Waals surface area contributed by atoms with Gasteiger partial charge in [0.2, 0.25) is 0 Å². The lowest BCUT2D eigenvalue weighted by atomic mass is 10.1. The summed E-state index contributed by atoms with van der Waals surface area (Å²) in [6, 6.07) is 5.66. The topological polar surface area (TPSA) is 67.2 Å². The molecule has 2 heterocycles. The summed E-state index contributed by atoms with van der Waals surface area (Å²) in [7, 11) is 1.78. The zero-order chi connectivity index (χ0) is 14.4. The third kappa shape index (κ3) is 3.60. The van der Waals surface area contributed by atoms with Crippen LogP contribution in [0.1, 0.15) is 29.5 Å². The average Bonchev–Trinajstić information content (AvgIpc) is 2.98. The van der Waals surface area contributed by atoms with E-state index in [4.69, 9.17) is 4.42 Å². The van der Waals surface area contributed by atoms with Gasteiger partial charge in [0.25, 0.3) is 5.91 Å². The van der Waals surface area contributed by atoms with Crippen molar-refractivity contribution >= 4 is 11.6 Å². The van der Waals surface area contributed by atoms with Crippen molar-refractivity contribution in [1.82, 2.24) is 10.3 Å². The minimum absolute atomic E-state index is 0.0671.